The Balaban J connectivity index is 1.75. The number of aromatic nitrogens is 5. The molecule has 140 valence electrons. The minimum Gasteiger partial charge on any atom is -0.348 e. The normalized spacial score (nSPS) is 20.2. The molecule has 26 heavy (non-hydrogen) atoms. The van der Waals surface area contributed by atoms with Crippen LogP contribution in [-0.4, -0.2) is 36.3 Å². The zero-order chi connectivity index (χ0) is 18.8. The van der Waals surface area contributed by atoms with Crippen molar-refractivity contribution in [2.45, 2.75) is 52.0 Å². The summed E-state index contributed by atoms with van der Waals surface area (Å²) >= 11 is 0. The van der Waals surface area contributed by atoms with E-state index in [-0.39, 0.29) is 23.6 Å². The minimum absolute atomic E-state index is 0.0592. The van der Waals surface area contributed by atoms with Crippen LogP contribution in [0.25, 0.3) is 0 Å². The molecule has 8 nitrogen and oxygen atoms in total. The summed E-state index contributed by atoms with van der Waals surface area (Å²) in [6.07, 6.45) is 4.84. The van der Waals surface area contributed by atoms with Crippen LogP contribution in [0, 0.1) is 19.8 Å². The van der Waals surface area contributed by atoms with Crippen LogP contribution in [0.2, 0.25) is 0 Å². The Morgan fingerprint density at radius 1 is 1.23 bits per heavy atom. The van der Waals surface area contributed by atoms with E-state index in [2.05, 4.69) is 20.4 Å². The van der Waals surface area contributed by atoms with Gasteiger partial charge >= 0.3 is 5.69 Å². The molecule has 1 amide bonds. The molecular weight excluding hydrogens is 332 g/mol. The van der Waals surface area contributed by atoms with Gasteiger partial charge in [-0.2, -0.15) is 5.10 Å². The first-order chi connectivity index (χ1) is 12.3. The van der Waals surface area contributed by atoms with Gasteiger partial charge in [0.25, 0.3) is 5.91 Å². The van der Waals surface area contributed by atoms with Gasteiger partial charge in [-0.25, -0.2) is 19.4 Å². The summed E-state index contributed by atoms with van der Waals surface area (Å²) in [5.41, 5.74) is 1.07. The SMILES string of the molecule is Cc1cc(C(=O)N[C@@H]2CCCC[C@@H]2Cc2nn(C)c(=O)n2C)nc(C)n1. The lowest BCUT2D eigenvalue weighted by atomic mass is 9.82. The molecule has 1 saturated carbocycles. The molecule has 1 N–H and O–H groups in total. The molecule has 0 aromatic carbocycles. The maximum absolute atomic E-state index is 12.7. The fraction of sp³-hybridized carbons (Fsp3) is 0.611. The van der Waals surface area contributed by atoms with Gasteiger partial charge in [-0.15, -0.1) is 0 Å². The Bertz CT molecular complexity index is 849. The largest absolute Gasteiger partial charge is 0.348 e. The third-order valence-electron chi connectivity index (χ3n) is 5.09. The summed E-state index contributed by atoms with van der Waals surface area (Å²) < 4.78 is 2.95. The molecular formula is C18H26N6O2. The molecule has 0 unspecified atom stereocenters. The van der Waals surface area contributed by atoms with E-state index in [4.69, 9.17) is 0 Å². The van der Waals surface area contributed by atoms with E-state index in [0.717, 1.165) is 37.2 Å². The van der Waals surface area contributed by atoms with Crippen LogP contribution in [0.4, 0.5) is 0 Å². The summed E-state index contributed by atoms with van der Waals surface area (Å²) in [5.74, 6) is 1.46. The van der Waals surface area contributed by atoms with Gasteiger partial charge in [-0.05, 0) is 38.7 Å². The fourth-order valence-electron chi connectivity index (χ4n) is 3.74. The zero-order valence-electron chi connectivity index (χ0n) is 15.8. The standard InChI is InChI=1S/C18H26N6O2/c1-11-9-15(20-12(2)19-11)17(25)21-14-8-6-5-7-13(14)10-16-22-24(4)18(26)23(16)3/h9,13-14H,5-8,10H2,1-4H3,(H,21,25)/t13-,14-/m1/s1. The summed E-state index contributed by atoms with van der Waals surface area (Å²) in [6.45, 7) is 3.64. The molecule has 2 aromatic heterocycles. The minimum atomic E-state index is -0.162. The Morgan fingerprint density at radius 3 is 2.62 bits per heavy atom. The Labute approximate surface area is 152 Å². The highest BCUT2D eigenvalue weighted by atomic mass is 16.2. The second-order valence-electron chi connectivity index (χ2n) is 7.15. The van der Waals surface area contributed by atoms with Crippen molar-refractivity contribution in [3.8, 4) is 0 Å². The van der Waals surface area contributed by atoms with Gasteiger partial charge in [-0.1, -0.05) is 12.8 Å². The second kappa shape index (κ2) is 7.39. The molecule has 2 aromatic rings. The van der Waals surface area contributed by atoms with Crippen molar-refractivity contribution in [2.24, 2.45) is 20.0 Å². The molecule has 0 bridgehead atoms. The Kier molecular flexibility index (Phi) is 5.20. The number of carbonyl (C=O) groups excluding carboxylic acids is 1. The van der Waals surface area contributed by atoms with Gasteiger partial charge in [0.05, 0.1) is 0 Å². The van der Waals surface area contributed by atoms with Crippen LogP contribution in [0.3, 0.4) is 0 Å². The van der Waals surface area contributed by atoms with Crippen molar-refractivity contribution in [3.63, 3.8) is 0 Å². The third-order valence-corrected chi connectivity index (χ3v) is 5.09. The van der Waals surface area contributed by atoms with Crippen LogP contribution in [0.15, 0.2) is 10.9 Å². The van der Waals surface area contributed by atoms with Crippen LogP contribution < -0.4 is 11.0 Å². The van der Waals surface area contributed by atoms with Crippen LogP contribution in [0.5, 0.6) is 0 Å². The van der Waals surface area contributed by atoms with Crippen molar-refractivity contribution < 1.29 is 4.79 Å². The number of nitrogens with zero attached hydrogens (tertiary/aromatic N) is 5. The third kappa shape index (κ3) is 3.84. The molecule has 0 aliphatic heterocycles. The van der Waals surface area contributed by atoms with Gasteiger partial charge in [-0.3, -0.25) is 9.36 Å². The van der Waals surface area contributed by atoms with Gasteiger partial charge in [0, 0.05) is 32.3 Å². The topological polar surface area (TPSA) is 94.7 Å². The van der Waals surface area contributed by atoms with E-state index in [1.807, 2.05) is 6.92 Å². The van der Waals surface area contributed by atoms with E-state index in [9.17, 15) is 9.59 Å². The van der Waals surface area contributed by atoms with Crippen molar-refractivity contribution in [2.75, 3.05) is 0 Å². The van der Waals surface area contributed by atoms with E-state index < -0.39 is 0 Å². The molecule has 1 aliphatic rings. The van der Waals surface area contributed by atoms with Crippen LogP contribution in [0.1, 0.15) is 53.5 Å². The molecule has 2 heterocycles. The molecule has 0 saturated heterocycles. The molecule has 0 radical (unpaired) electrons. The molecule has 1 aliphatic carbocycles. The lowest BCUT2D eigenvalue weighted by Crippen LogP contribution is -2.43. The summed E-state index contributed by atoms with van der Waals surface area (Å²) in [7, 11) is 3.40. The summed E-state index contributed by atoms with van der Waals surface area (Å²) in [5, 5.41) is 7.48. The summed E-state index contributed by atoms with van der Waals surface area (Å²) in [6, 6.07) is 1.77. The molecule has 1 fully saturated rings. The molecule has 0 spiro atoms. The van der Waals surface area contributed by atoms with Gasteiger partial charge in [0.15, 0.2) is 0 Å². The Morgan fingerprint density at radius 2 is 1.96 bits per heavy atom. The van der Waals surface area contributed by atoms with E-state index in [0.29, 0.717) is 17.9 Å². The number of amides is 1. The van der Waals surface area contributed by atoms with Gasteiger partial charge in [0.2, 0.25) is 0 Å². The monoisotopic (exact) mass is 358 g/mol. The highest BCUT2D eigenvalue weighted by Crippen LogP contribution is 2.27. The van der Waals surface area contributed by atoms with E-state index in [1.165, 1.54) is 4.68 Å². The van der Waals surface area contributed by atoms with Crippen molar-refractivity contribution >= 4 is 5.91 Å². The summed E-state index contributed by atoms with van der Waals surface area (Å²) in [4.78, 5) is 33.1. The van der Waals surface area contributed by atoms with E-state index >= 15 is 0 Å². The van der Waals surface area contributed by atoms with Crippen molar-refractivity contribution in [1.29, 1.82) is 0 Å². The lowest BCUT2D eigenvalue weighted by molar-refractivity contribution is 0.0899. The quantitative estimate of drug-likeness (QED) is 0.882. The maximum atomic E-state index is 12.7. The highest BCUT2D eigenvalue weighted by molar-refractivity contribution is 5.92. The highest BCUT2D eigenvalue weighted by Gasteiger charge is 2.29. The molecule has 3 rings (SSSR count). The molecule has 8 heteroatoms. The average molecular weight is 358 g/mol. The van der Waals surface area contributed by atoms with Crippen molar-refractivity contribution in [1.82, 2.24) is 29.6 Å². The fourth-order valence-corrected chi connectivity index (χ4v) is 3.74. The number of carbonyl (C=O) groups is 1. The second-order valence-corrected chi connectivity index (χ2v) is 7.15. The predicted molar refractivity (Wildman–Crippen MR) is 96.9 cm³/mol. The van der Waals surface area contributed by atoms with Crippen molar-refractivity contribution in [3.05, 3.63) is 39.6 Å². The lowest BCUT2D eigenvalue weighted by Gasteiger charge is -2.31. The average Bonchev–Trinajstić information content (AvgIpc) is 2.83. The number of hydrogen-bond acceptors (Lipinski definition) is 5. The first-order valence-electron chi connectivity index (χ1n) is 9.07. The first-order valence-corrected chi connectivity index (χ1v) is 9.07. The van der Waals surface area contributed by atoms with Crippen LogP contribution in [-0.2, 0) is 20.5 Å². The zero-order valence-corrected chi connectivity index (χ0v) is 15.8. The Hall–Kier alpha value is -2.51. The predicted octanol–water partition coefficient (Wildman–Crippen LogP) is 1.06. The smallest absolute Gasteiger partial charge is 0.345 e. The number of rotatable bonds is 4. The van der Waals surface area contributed by atoms with Crippen LogP contribution >= 0.6 is 0 Å². The maximum Gasteiger partial charge on any atom is 0.345 e. The van der Waals surface area contributed by atoms with Gasteiger partial charge in [0.1, 0.15) is 17.3 Å². The van der Waals surface area contributed by atoms with Gasteiger partial charge < -0.3 is 5.32 Å². The number of nitrogens with one attached hydrogen (secondary N) is 1. The first kappa shape index (κ1) is 18.3. The molecule has 2 atom stereocenters. The number of aryl methyl sites for hydroxylation is 3. The van der Waals surface area contributed by atoms with E-state index in [1.54, 1.807) is 31.7 Å². The number of hydrogen-bond donors (Lipinski definition) is 1.